The zero-order valence-electron chi connectivity index (χ0n) is 8.48. The number of rotatable bonds is 2. The van der Waals surface area contributed by atoms with Crippen molar-refractivity contribution in [3.05, 3.63) is 45.8 Å². The van der Waals surface area contributed by atoms with E-state index in [1.54, 1.807) is 24.4 Å². The first-order valence-corrected chi connectivity index (χ1v) is 5.81. The van der Waals surface area contributed by atoms with Gasteiger partial charge in [0, 0.05) is 16.9 Å². The Balaban J connectivity index is 2.32. The van der Waals surface area contributed by atoms with E-state index in [-0.39, 0.29) is 0 Å². The second kappa shape index (κ2) is 5.13. The molecule has 0 spiro atoms. The fourth-order valence-corrected chi connectivity index (χ4v) is 1.85. The molecule has 0 aliphatic carbocycles. The number of benzene rings is 1. The van der Waals surface area contributed by atoms with Gasteiger partial charge in [0.15, 0.2) is 11.0 Å². The highest BCUT2D eigenvalue weighted by Gasteiger charge is 2.06. The van der Waals surface area contributed by atoms with E-state index < -0.39 is 0 Å². The third kappa shape index (κ3) is 2.73. The normalized spacial score (nSPS) is 9.71. The molecule has 0 fully saturated rings. The average Bonchev–Trinajstić information content (AvgIpc) is 2.34. The van der Waals surface area contributed by atoms with Crippen molar-refractivity contribution < 1.29 is 0 Å². The van der Waals surface area contributed by atoms with Crippen LogP contribution in [0.3, 0.4) is 0 Å². The van der Waals surface area contributed by atoms with Crippen molar-refractivity contribution in [1.29, 1.82) is 5.26 Å². The van der Waals surface area contributed by atoms with Gasteiger partial charge in [-0.25, -0.2) is 9.97 Å². The summed E-state index contributed by atoms with van der Waals surface area (Å²) in [5.74, 6) is 0.472. The van der Waals surface area contributed by atoms with Crippen LogP contribution in [-0.2, 0) is 0 Å². The summed E-state index contributed by atoms with van der Waals surface area (Å²) in [4.78, 5) is 7.98. The maximum atomic E-state index is 8.75. The third-order valence-corrected chi connectivity index (χ3v) is 2.94. The number of aromatic nitrogens is 2. The molecule has 0 amide bonds. The molecule has 0 bridgehead atoms. The maximum Gasteiger partial charge on any atom is 0.171 e. The molecule has 1 aromatic heterocycles. The lowest BCUT2D eigenvalue weighted by Crippen LogP contribution is -1.96. The SMILES string of the molecule is N#Cc1ccc(Nc2nccnc2Cl)c(Br)c1. The summed E-state index contributed by atoms with van der Waals surface area (Å²) in [6.45, 7) is 0. The lowest BCUT2D eigenvalue weighted by atomic mass is 10.2. The van der Waals surface area contributed by atoms with Gasteiger partial charge >= 0.3 is 0 Å². The van der Waals surface area contributed by atoms with Gasteiger partial charge in [0.25, 0.3) is 0 Å². The Kier molecular flexibility index (Phi) is 3.57. The van der Waals surface area contributed by atoms with E-state index in [0.29, 0.717) is 16.5 Å². The van der Waals surface area contributed by atoms with Crippen LogP contribution in [0.15, 0.2) is 35.1 Å². The molecule has 1 aromatic carbocycles. The van der Waals surface area contributed by atoms with Crippen molar-refractivity contribution in [2.45, 2.75) is 0 Å². The van der Waals surface area contributed by atoms with Crippen molar-refractivity contribution in [3.8, 4) is 6.07 Å². The number of hydrogen-bond acceptors (Lipinski definition) is 4. The lowest BCUT2D eigenvalue weighted by Gasteiger charge is -2.08. The molecule has 84 valence electrons. The van der Waals surface area contributed by atoms with E-state index in [1.807, 2.05) is 0 Å². The van der Waals surface area contributed by atoms with Crippen LogP contribution in [0.1, 0.15) is 5.56 Å². The molecule has 0 aliphatic rings. The molecule has 6 heteroatoms. The molecule has 1 N–H and O–H groups in total. The summed E-state index contributed by atoms with van der Waals surface area (Å²) in [7, 11) is 0. The molecule has 4 nitrogen and oxygen atoms in total. The van der Waals surface area contributed by atoms with Crippen LogP contribution in [-0.4, -0.2) is 9.97 Å². The molecule has 0 radical (unpaired) electrons. The van der Waals surface area contributed by atoms with Gasteiger partial charge in [0.2, 0.25) is 0 Å². The Morgan fingerprint density at radius 1 is 1.29 bits per heavy atom. The van der Waals surface area contributed by atoms with Crippen molar-refractivity contribution in [1.82, 2.24) is 9.97 Å². The summed E-state index contributed by atoms with van der Waals surface area (Å²) in [5.41, 5.74) is 1.35. The van der Waals surface area contributed by atoms with Gasteiger partial charge < -0.3 is 5.32 Å². The molecule has 17 heavy (non-hydrogen) atoms. The van der Waals surface area contributed by atoms with Crippen LogP contribution < -0.4 is 5.32 Å². The Labute approximate surface area is 111 Å². The first-order chi connectivity index (χ1) is 8.20. The monoisotopic (exact) mass is 308 g/mol. The Morgan fingerprint density at radius 2 is 2.06 bits per heavy atom. The van der Waals surface area contributed by atoms with Crippen molar-refractivity contribution >= 4 is 39.0 Å². The van der Waals surface area contributed by atoms with Crippen LogP contribution in [0, 0.1) is 11.3 Å². The first kappa shape index (κ1) is 11.8. The van der Waals surface area contributed by atoms with Gasteiger partial charge in [0.1, 0.15) is 0 Å². The number of halogens is 2. The minimum atomic E-state index is 0.295. The largest absolute Gasteiger partial charge is 0.337 e. The van der Waals surface area contributed by atoms with Crippen LogP contribution in [0.4, 0.5) is 11.5 Å². The lowest BCUT2D eigenvalue weighted by molar-refractivity contribution is 1.20. The number of nitrogens with zero attached hydrogens (tertiary/aromatic N) is 3. The smallest absolute Gasteiger partial charge is 0.171 e. The quantitative estimate of drug-likeness (QED) is 0.922. The first-order valence-electron chi connectivity index (χ1n) is 4.64. The summed E-state index contributed by atoms with van der Waals surface area (Å²) in [6.07, 6.45) is 3.06. The van der Waals surface area contributed by atoms with E-state index in [2.05, 4.69) is 37.3 Å². The van der Waals surface area contributed by atoms with E-state index in [0.717, 1.165) is 10.2 Å². The fourth-order valence-electron chi connectivity index (χ4n) is 1.22. The Morgan fingerprint density at radius 3 is 2.71 bits per heavy atom. The Bertz CT molecular complexity index is 594. The van der Waals surface area contributed by atoms with Gasteiger partial charge in [-0.3, -0.25) is 0 Å². The minimum Gasteiger partial charge on any atom is -0.337 e. The molecule has 1 heterocycles. The molecule has 0 atom stereocenters. The van der Waals surface area contributed by atoms with Crippen molar-refractivity contribution in [2.24, 2.45) is 0 Å². The van der Waals surface area contributed by atoms with Crippen LogP contribution in [0.5, 0.6) is 0 Å². The number of nitrogens with one attached hydrogen (secondary N) is 1. The van der Waals surface area contributed by atoms with E-state index >= 15 is 0 Å². The topological polar surface area (TPSA) is 61.6 Å². The Hall–Kier alpha value is -1.64. The predicted molar refractivity (Wildman–Crippen MR) is 69.2 cm³/mol. The predicted octanol–water partition coefficient (Wildman–Crippen LogP) is 3.51. The van der Waals surface area contributed by atoms with Gasteiger partial charge in [-0.05, 0) is 34.1 Å². The molecule has 0 saturated heterocycles. The van der Waals surface area contributed by atoms with Crippen molar-refractivity contribution in [2.75, 3.05) is 5.32 Å². The zero-order chi connectivity index (χ0) is 12.3. The number of nitriles is 1. The van der Waals surface area contributed by atoms with Gasteiger partial charge in [-0.1, -0.05) is 11.6 Å². The van der Waals surface area contributed by atoms with Crippen LogP contribution >= 0.6 is 27.5 Å². The van der Waals surface area contributed by atoms with Gasteiger partial charge in [0.05, 0.1) is 17.3 Å². The minimum absolute atomic E-state index is 0.295. The van der Waals surface area contributed by atoms with E-state index in [9.17, 15) is 0 Å². The van der Waals surface area contributed by atoms with Crippen LogP contribution in [0.2, 0.25) is 5.15 Å². The maximum absolute atomic E-state index is 8.75. The highest BCUT2D eigenvalue weighted by Crippen LogP contribution is 2.27. The van der Waals surface area contributed by atoms with Crippen LogP contribution in [0.25, 0.3) is 0 Å². The number of anilines is 2. The second-order valence-electron chi connectivity index (χ2n) is 3.13. The standard InChI is InChI=1S/C11H6BrClN4/c12-8-5-7(6-14)1-2-9(8)17-11-10(13)15-3-4-16-11/h1-5H,(H,16,17). The second-order valence-corrected chi connectivity index (χ2v) is 4.34. The molecule has 0 saturated carbocycles. The zero-order valence-corrected chi connectivity index (χ0v) is 10.8. The molecular formula is C11H6BrClN4. The van der Waals surface area contributed by atoms with Gasteiger partial charge in [-0.2, -0.15) is 5.26 Å². The molecule has 2 aromatic rings. The average molecular weight is 310 g/mol. The highest BCUT2D eigenvalue weighted by atomic mass is 79.9. The van der Waals surface area contributed by atoms with Gasteiger partial charge in [-0.15, -0.1) is 0 Å². The third-order valence-electron chi connectivity index (χ3n) is 2.00. The molecular weight excluding hydrogens is 304 g/mol. The van der Waals surface area contributed by atoms with E-state index in [1.165, 1.54) is 6.20 Å². The van der Waals surface area contributed by atoms with E-state index in [4.69, 9.17) is 16.9 Å². The summed E-state index contributed by atoms with van der Waals surface area (Å²) < 4.78 is 0.762. The summed E-state index contributed by atoms with van der Waals surface area (Å²) in [5, 5.41) is 12.1. The molecule has 0 unspecified atom stereocenters. The van der Waals surface area contributed by atoms with Crippen molar-refractivity contribution in [3.63, 3.8) is 0 Å². The summed E-state index contributed by atoms with van der Waals surface area (Å²) >= 11 is 9.25. The highest BCUT2D eigenvalue weighted by molar-refractivity contribution is 9.10. The summed E-state index contributed by atoms with van der Waals surface area (Å²) in [6, 6.07) is 7.25. The molecule has 0 aliphatic heterocycles. The fraction of sp³-hybridized carbons (Fsp3) is 0. The molecule has 2 rings (SSSR count). The number of hydrogen-bond donors (Lipinski definition) is 1.